The van der Waals surface area contributed by atoms with Gasteiger partial charge in [0.1, 0.15) is 101 Å². The average molecular weight is 1430 g/mol. The van der Waals surface area contributed by atoms with Gasteiger partial charge in [0.2, 0.25) is 5.69 Å². The Balaban J connectivity index is 0.000000141. The molecule has 6 heterocycles. The molecule has 6 aliphatic rings. The molecule has 0 radical (unpaired) electrons. The molecule has 0 saturated carbocycles. The molecule has 548 valence electrons. The Morgan fingerprint density at radius 3 is 1.14 bits per heavy atom. The quantitative estimate of drug-likeness (QED) is 0.0372. The molecule has 17 heteroatoms. The topological polar surface area (TPSA) is 191 Å². The van der Waals surface area contributed by atoms with Crippen molar-refractivity contribution in [3.8, 4) is 69.0 Å². The molecule has 15 rings (SSSR count). The monoisotopic (exact) mass is 1430 g/mol. The number of allylic oxidation sites excluding steroid dienone is 3. The minimum absolute atomic E-state index is 0.0784. The van der Waals surface area contributed by atoms with Crippen LogP contribution in [0.15, 0.2) is 182 Å². The minimum atomic E-state index is -0.615. The summed E-state index contributed by atoms with van der Waals surface area (Å²) in [7, 11) is 0. The maximum Gasteiger partial charge on any atom is 0.231 e. The summed E-state index contributed by atoms with van der Waals surface area (Å²) in [5.41, 5.74) is 13.6. The summed E-state index contributed by atoms with van der Waals surface area (Å²) in [5, 5.41) is 61.0. The van der Waals surface area contributed by atoms with E-state index in [1.807, 2.05) is 131 Å². The van der Waals surface area contributed by atoms with Crippen molar-refractivity contribution in [2.45, 2.75) is 86.0 Å². The molecule has 0 unspecified atom stereocenters. The van der Waals surface area contributed by atoms with Crippen LogP contribution in [-0.2, 0) is 0 Å². The molecule has 6 N–H and O–H groups in total. The Morgan fingerprint density at radius 2 is 0.774 bits per heavy atom. The SMILES string of the molecule is CCC1CN(CCOc2ccc([C@H]3Oc4c(F)cc(O)cc4C(C)=C3c3cccc(O)c3)cc2)C1.CCC1CN(CCOc2ccc([C@H]3Oc4cc(C)c(O)cc4C(C)=C3c3cccc(O)c3)cc2)C1.[C-]#[N+]c1cc2c(cc1O)C(C)=C(c1cccc(O)c1)[C@@H](c1ccc(OCCN3CC(CC)C3)cc1)O2. The van der Waals surface area contributed by atoms with Crippen LogP contribution in [0, 0.1) is 37.1 Å². The molecule has 3 saturated heterocycles. The van der Waals surface area contributed by atoms with Gasteiger partial charge in [-0.2, -0.15) is 0 Å². The van der Waals surface area contributed by atoms with E-state index in [9.17, 15) is 35.0 Å². The zero-order valence-electron chi connectivity index (χ0n) is 61.2. The maximum absolute atomic E-state index is 14.8. The summed E-state index contributed by atoms with van der Waals surface area (Å²) in [4.78, 5) is 10.7. The normalized spacial score (nSPS) is 17.9. The van der Waals surface area contributed by atoms with Crippen molar-refractivity contribution in [3.63, 3.8) is 0 Å². The predicted octanol–water partition coefficient (Wildman–Crippen LogP) is 18.6. The van der Waals surface area contributed by atoms with Crippen LogP contribution >= 0.6 is 0 Å². The molecule has 3 atom stereocenters. The number of aryl methyl sites for hydroxylation is 1. The van der Waals surface area contributed by atoms with Gasteiger partial charge in [0.25, 0.3) is 0 Å². The van der Waals surface area contributed by atoms with Gasteiger partial charge in [-0.15, -0.1) is 0 Å². The van der Waals surface area contributed by atoms with Gasteiger partial charge in [0, 0.05) is 98.4 Å². The van der Waals surface area contributed by atoms with Crippen LogP contribution in [0.3, 0.4) is 0 Å². The second-order valence-corrected chi connectivity index (χ2v) is 28.5. The van der Waals surface area contributed by atoms with E-state index in [1.165, 1.54) is 38.4 Å². The highest BCUT2D eigenvalue weighted by molar-refractivity contribution is 5.98. The molecule has 3 fully saturated rings. The lowest BCUT2D eigenvalue weighted by Crippen LogP contribution is -2.47. The van der Waals surface area contributed by atoms with Crippen molar-refractivity contribution in [1.82, 2.24) is 14.7 Å². The molecular weight excluding hydrogens is 1340 g/mol. The first-order valence-electron chi connectivity index (χ1n) is 36.8. The van der Waals surface area contributed by atoms with Crippen molar-refractivity contribution in [1.29, 1.82) is 0 Å². The highest BCUT2D eigenvalue weighted by Crippen LogP contribution is 2.53. The van der Waals surface area contributed by atoms with E-state index < -0.39 is 18.0 Å². The molecule has 0 aliphatic carbocycles. The van der Waals surface area contributed by atoms with Gasteiger partial charge in [0.15, 0.2) is 11.6 Å². The van der Waals surface area contributed by atoms with Crippen molar-refractivity contribution in [2.24, 2.45) is 17.8 Å². The van der Waals surface area contributed by atoms with Gasteiger partial charge in [-0.05, 0) is 204 Å². The summed E-state index contributed by atoms with van der Waals surface area (Å²) in [5.74, 6) is 6.20. The lowest BCUT2D eigenvalue weighted by molar-refractivity contribution is 0.0805. The number of phenols is 6. The fourth-order valence-electron chi connectivity index (χ4n) is 14.9. The number of halogens is 1. The zero-order chi connectivity index (χ0) is 74.3. The van der Waals surface area contributed by atoms with E-state index in [1.54, 1.807) is 66.7 Å². The van der Waals surface area contributed by atoms with E-state index >= 15 is 0 Å². The first-order chi connectivity index (χ1) is 51.3. The summed E-state index contributed by atoms with van der Waals surface area (Å²) < 4.78 is 51.9. The standard InChI is InChI=1S/C30H30N2O4.C30H33NO4.C29H30FNO4/c1-4-20-17-32(18-20)12-13-35-24-10-8-21(9-11-24)30-29(22-6-5-7-23(33)14-22)19(2)25-15-27(34)26(31-3)16-28(25)36-30;1-4-21-17-31(18-21)12-13-34-25-10-8-22(9-11-25)30-29(23-6-5-7-24(32)15-23)20(3)26-16-27(33)19(2)14-28(26)35-30;1-3-19-16-31(17-19)11-12-34-24-9-7-20(8-10-24)28-27(21-5-4-6-22(32)13-21)18(2)25-14-23(33)15-26(30)29(25)35-28/h5-11,14-16,20,30,33-34H,4,12-13,17-18H2,1-2H3;5-11,14-16,21,30,32-33H,4,12-13,17-18H2,1-3H3;4-10,13-15,19,28,32-33H,3,11-12,16-17H2,1-2H3/t2*30-;28-/m111/s1. The molecule has 16 nitrogen and oxygen atoms in total. The Labute approximate surface area is 620 Å². The molecule has 106 heavy (non-hydrogen) atoms. The number of ether oxygens (including phenoxy) is 6. The maximum atomic E-state index is 14.8. The van der Waals surface area contributed by atoms with Crippen LogP contribution in [0.5, 0.6) is 69.0 Å². The zero-order valence-corrected chi connectivity index (χ0v) is 61.2. The largest absolute Gasteiger partial charge is 0.519 e. The van der Waals surface area contributed by atoms with Gasteiger partial charge in [-0.1, -0.05) is 113 Å². The van der Waals surface area contributed by atoms with Crippen LogP contribution in [0.25, 0.3) is 38.3 Å². The number of rotatable bonds is 21. The van der Waals surface area contributed by atoms with Crippen molar-refractivity contribution in [3.05, 3.63) is 255 Å². The number of hydrogen-bond donors (Lipinski definition) is 6. The molecule has 0 bridgehead atoms. The first-order valence-corrected chi connectivity index (χ1v) is 36.8. The van der Waals surface area contributed by atoms with Crippen LogP contribution < -0.4 is 28.4 Å². The molecule has 0 amide bonds. The number of hydrogen-bond acceptors (Lipinski definition) is 15. The molecular formula is C89H93FN4O12. The second kappa shape index (κ2) is 32.6. The van der Waals surface area contributed by atoms with Gasteiger partial charge in [0.05, 0.1) is 6.57 Å². The molecule has 0 aromatic heterocycles. The van der Waals surface area contributed by atoms with E-state index in [0.29, 0.717) is 31.1 Å². The number of benzene rings is 9. The highest BCUT2D eigenvalue weighted by atomic mass is 19.1. The number of likely N-dealkylation sites (tertiary alicyclic amines) is 3. The minimum Gasteiger partial charge on any atom is -0.519 e. The summed E-state index contributed by atoms with van der Waals surface area (Å²) in [6, 6.07) is 54.2. The summed E-state index contributed by atoms with van der Waals surface area (Å²) in [6.45, 7) is 33.6. The van der Waals surface area contributed by atoms with E-state index in [0.717, 1.165) is 176 Å². The van der Waals surface area contributed by atoms with Crippen LogP contribution in [0.1, 0.15) is 135 Å². The Bertz CT molecular complexity index is 4780. The third-order valence-electron chi connectivity index (χ3n) is 21.3. The van der Waals surface area contributed by atoms with Crippen LogP contribution in [-0.4, -0.2) is 124 Å². The Morgan fingerprint density at radius 1 is 0.415 bits per heavy atom. The number of fused-ring (bicyclic) bond motifs is 3. The fraction of sp³-hybridized carbons (Fsp3) is 0.315. The first kappa shape index (κ1) is 73.4. The van der Waals surface area contributed by atoms with Crippen LogP contribution in [0.4, 0.5) is 10.1 Å². The van der Waals surface area contributed by atoms with Gasteiger partial charge < -0.3 is 59.1 Å². The van der Waals surface area contributed by atoms with E-state index in [4.69, 9.17) is 35.0 Å². The Kier molecular flexibility index (Phi) is 22.6. The fourth-order valence-corrected chi connectivity index (χ4v) is 14.9. The lowest BCUT2D eigenvalue weighted by Gasteiger charge is -2.38. The van der Waals surface area contributed by atoms with Crippen molar-refractivity contribution < 1.29 is 63.5 Å². The second-order valence-electron chi connectivity index (χ2n) is 28.5. The number of nitrogens with zero attached hydrogens (tertiary/aromatic N) is 4. The average Bonchev–Trinajstić information content (AvgIpc) is 0.765. The van der Waals surface area contributed by atoms with Gasteiger partial charge >= 0.3 is 0 Å². The predicted molar refractivity (Wildman–Crippen MR) is 414 cm³/mol. The third kappa shape index (κ3) is 16.5. The van der Waals surface area contributed by atoms with Crippen molar-refractivity contribution in [2.75, 3.05) is 78.7 Å². The van der Waals surface area contributed by atoms with Crippen LogP contribution in [0.2, 0.25) is 0 Å². The third-order valence-corrected chi connectivity index (χ3v) is 21.3. The van der Waals surface area contributed by atoms with Gasteiger partial charge in [-0.3, -0.25) is 14.7 Å². The molecule has 9 aromatic rings. The number of aromatic hydroxyl groups is 6. The highest BCUT2D eigenvalue weighted by Gasteiger charge is 2.36. The molecule has 6 aliphatic heterocycles. The summed E-state index contributed by atoms with van der Waals surface area (Å²) >= 11 is 0. The van der Waals surface area contributed by atoms with E-state index in [2.05, 4.69) is 40.3 Å². The molecule has 0 spiro atoms. The van der Waals surface area contributed by atoms with Crippen molar-refractivity contribution >= 4 is 39.1 Å². The lowest BCUT2D eigenvalue weighted by atomic mass is 9.85. The summed E-state index contributed by atoms with van der Waals surface area (Å²) in [6.07, 6.45) is 2.33. The molecule has 9 aromatic carbocycles. The smallest absolute Gasteiger partial charge is 0.231 e. The van der Waals surface area contributed by atoms with E-state index in [-0.39, 0.29) is 52.0 Å². The Hall–Kier alpha value is -10.9. The number of phenolic OH excluding ortho intramolecular Hbond substituents is 6. The van der Waals surface area contributed by atoms with Gasteiger partial charge in [-0.25, -0.2) is 9.24 Å².